The molecule has 1 N–H and O–H groups in total. The van der Waals surface area contributed by atoms with E-state index in [2.05, 4.69) is 43.4 Å². The first-order valence-corrected chi connectivity index (χ1v) is 8.59. The van der Waals surface area contributed by atoms with Crippen molar-refractivity contribution in [3.05, 3.63) is 29.8 Å². The van der Waals surface area contributed by atoms with Crippen molar-refractivity contribution in [1.29, 1.82) is 0 Å². The number of hydrogen-bond acceptors (Lipinski definition) is 2. The van der Waals surface area contributed by atoms with Gasteiger partial charge in [-0.05, 0) is 61.8 Å². The molecule has 1 aromatic carbocycles. The van der Waals surface area contributed by atoms with Crippen LogP contribution in [-0.2, 0) is 6.42 Å². The molecule has 3 atom stereocenters. The summed E-state index contributed by atoms with van der Waals surface area (Å²) in [7, 11) is 1.72. The molecule has 0 radical (unpaired) electrons. The highest BCUT2D eigenvalue weighted by molar-refractivity contribution is 5.27. The van der Waals surface area contributed by atoms with Gasteiger partial charge in [0.2, 0.25) is 0 Å². The Morgan fingerprint density at radius 1 is 1.24 bits per heavy atom. The SMILES string of the molecule is CCNC(CCc1ccc(OC)cc1)C1CCCC(C)C1. The monoisotopic (exact) mass is 289 g/mol. The number of hydrogen-bond donors (Lipinski definition) is 1. The van der Waals surface area contributed by atoms with E-state index < -0.39 is 0 Å². The Balaban J connectivity index is 1.89. The topological polar surface area (TPSA) is 21.3 Å². The fourth-order valence-corrected chi connectivity index (χ4v) is 3.73. The molecule has 2 rings (SSSR count). The van der Waals surface area contributed by atoms with Gasteiger partial charge in [-0.15, -0.1) is 0 Å². The van der Waals surface area contributed by atoms with Crippen LogP contribution in [0.1, 0.15) is 51.5 Å². The lowest BCUT2D eigenvalue weighted by Gasteiger charge is -2.34. The Kier molecular flexibility index (Phi) is 6.56. The molecule has 21 heavy (non-hydrogen) atoms. The zero-order valence-electron chi connectivity index (χ0n) is 13.9. The van der Waals surface area contributed by atoms with Gasteiger partial charge in [0.15, 0.2) is 0 Å². The van der Waals surface area contributed by atoms with Crippen LogP contribution in [-0.4, -0.2) is 19.7 Å². The van der Waals surface area contributed by atoms with Gasteiger partial charge < -0.3 is 10.1 Å². The normalized spacial score (nSPS) is 23.8. The molecule has 118 valence electrons. The zero-order chi connectivity index (χ0) is 15.1. The zero-order valence-corrected chi connectivity index (χ0v) is 13.9. The van der Waals surface area contributed by atoms with Gasteiger partial charge in [-0.1, -0.05) is 38.8 Å². The maximum Gasteiger partial charge on any atom is 0.118 e. The summed E-state index contributed by atoms with van der Waals surface area (Å²) in [5.74, 6) is 2.72. The second-order valence-electron chi connectivity index (χ2n) is 6.58. The number of methoxy groups -OCH3 is 1. The fraction of sp³-hybridized carbons (Fsp3) is 0.684. The van der Waals surface area contributed by atoms with Crippen molar-refractivity contribution in [1.82, 2.24) is 5.32 Å². The van der Waals surface area contributed by atoms with E-state index in [1.165, 1.54) is 37.7 Å². The van der Waals surface area contributed by atoms with Crippen LogP contribution in [0.4, 0.5) is 0 Å². The minimum Gasteiger partial charge on any atom is -0.497 e. The van der Waals surface area contributed by atoms with Crippen molar-refractivity contribution < 1.29 is 4.74 Å². The minimum atomic E-state index is 0.680. The number of benzene rings is 1. The van der Waals surface area contributed by atoms with Gasteiger partial charge in [-0.2, -0.15) is 0 Å². The average Bonchev–Trinajstić information content (AvgIpc) is 2.52. The third-order valence-electron chi connectivity index (χ3n) is 4.92. The maximum atomic E-state index is 5.23. The second-order valence-corrected chi connectivity index (χ2v) is 6.58. The molecule has 1 saturated carbocycles. The van der Waals surface area contributed by atoms with E-state index in [1.807, 2.05) is 0 Å². The smallest absolute Gasteiger partial charge is 0.118 e. The van der Waals surface area contributed by atoms with Crippen LogP contribution >= 0.6 is 0 Å². The van der Waals surface area contributed by atoms with Crippen LogP contribution in [0.2, 0.25) is 0 Å². The lowest BCUT2D eigenvalue weighted by atomic mass is 9.77. The Morgan fingerprint density at radius 3 is 2.62 bits per heavy atom. The predicted molar refractivity (Wildman–Crippen MR) is 89.9 cm³/mol. The van der Waals surface area contributed by atoms with E-state index in [-0.39, 0.29) is 0 Å². The highest BCUT2D eigenvalue weighted by Gasteiger charge is 2.25. The van der Waals surface area contributed by atoms with Crippen molar-refractivity contribution in [2.24, 2.45) is 11.8 Å². The van der Waals surface area contributed by atoms with E-state index >= 15 is 0 Å². The van der Waals surface area contributed by atoms with Crippen LogP contribution in [0.5, 0.6) is 5.75 Å². The first-order valence-electron chi connectivity index (χ1n) is 8.59. The highest BCUT2D eigenvalue weighted by atomic mass is 16.5. The summed E-state index contributed by atoms with van der Waals surface area (Å²) < 4.78 is 5.23. The van der Waals surface area contributed by atoms with Gasteiger partial charge in [0.25, 0.3) is 0 Å². The Hall–Kier alpha value is -1.02. The van der Waals surface area contributed by atoms with Crippen molar-refractivity contribution in [2.45, 2.75) is 58.4 Å². The molecule has 1 aliphatic rings. The number of aryl methyl sites for hydroxylation is 1. The fourth-order valence-electron chi connectivity index (χ4n) is 3.73. The third kappa shape index (κ3) is 5.03. The molecule has 0 heterocycles. The Bertz CT molecular complexity index is 401. The summed E-state index contributed by atoms with van der Waals surface area (Å²) >= 11 is 0. The molecule has 2 nitrogen and oxygen atoms in total. The standard InChI is InChI=1S/C19H31NO/c1-4-20-19(17-7-5-6-15(2)14-17)13-10-16-8-11-18(21-3)12-9-16/h8-9,11-12,15,17,19-20H,4-7,10,13-14H2,1-3H3. The molecule has 0 aliphatic heterocycles. The first-order chi connectivity index (χ1) is 10.2. The van der Waals surface area contributed by atoms with E-state index in [4.69, 9.17) is 4.74 Å². The van der Waals surface area contributed by atoms with Gasteiger partial charge in [0.1, 0.15) is 5.75 Å². The Labute approximate surface area is 130 Å². The molecular formula is C19H31NO. The van der Waals surface area contributed by atoms with Crippen LogP contribution in [0.3, 0.4) is 0 Å². The largest absolute Gasteiger partial charge is 0.497 e. The quantitative estimate of drug-likeness (QED) is 0.801. The van der Waals surface area contributed by atoms with Crippen molar-refractivity contribution in [3.8, 4) is 5.75 Å². The summed E-state index contributed by atoms with van der Waals surface area (Å²) in [4.78, 5) is 0. The molecule has 1 aliphatic carbocycles. The number of ether oxygens (including phenoxy) is 1. The summed E-state index contributed by atoms with van der Waals surface area (Å²) in [6.45, 7) is 5.73. The van der Waals surface area contributed by atoms with Crippen LogP contribution in [0.25, 0.3) is 0 Å². The molecular weight excluding hydrogens is 258 g/mol. The molecule has 0 aromatic heterocycles. The van der Waals surface area contributed by atoms with E-state index in [9.17, 15) is 0 Å². The molecule has 0 bridgehead atoms. The summed E-state index contributed by atoms with van der Waals surface area (Å²) in [5.41, 5.74) is 1.42. The van der Waals surface area contributed by atoms with Crippen molar-refractivity contribution in [2.75, 3.05) is 13.7 Å². The van der Waals surface area contributed by atoms with Gasteiger partial charge in [0, 0.05) is 6.04 Å². The third-order valence-corrected chi connectivity index (χ3v) is 4.92. The minimum absolute atomic E-state index is 0.680. The van der Waals surface area contributed by atoms with Crippen LogP contribution in [0.15, 0.2) is 24.3 Å². The average molecular weight is 289 g/mol. The Morgan fingerprint density at radius 2 is 2.00 bits per heavy atom. The van der Waals surface area contributed by atoms with Crippen molar-refractivity contribution >= 4 is 0 Å². The lowest BCUT2D eigenvalue weighted by Crippen LogP contribution is -2.38. The van der Waals surface area contributed by atoms with Gasteiger partial charge >= 0.3 is 0 Å². The van der Waals surface area contributed by atoms with Crippen LogP contribution in [0, 0.1) is 11.8 Å². The van der Waals surface area contributed by atoms with Gasteiger partial charge in [-0.3, -0.25) is 0 Å². The molecule has 0 saturated heterocycles. The van der Waals surface area contributed by atoms with E-state index in [0.29, 0.717) is 6.04 Å². The summed E-state index contributed by atoms with van der Waals surface area (Å²) in [5, 5.41) is 3.74. The van der Waals surface area contributed by atoms with Crippen molar-refractivity contribution in [3.63, 3.8) is 0 Å². The summed E-state index contributed by atoms with van der Waals surface area (Å²) in [6, 6.07) is 9.22. The van der Waals surface area contributed by atoms with Gasteiger partial charge in [-0.25, -0.2) is 0 Å². The van der Waals surface area contributed by atoms with E-state index in [0.717, 1.165) is 30.6 Å². The van der Waals surface area contributed by atoms with Crippen LogP contribution < -0.4 is 10.1 Å². The summed E-state index contributed by atoms with van der Waals surface area (Å²) in [6.07, 6.45) is 8.05. The maximum absolute atomic E-state index is 5.23. The molecule has 0 spiro atoms. The molecule has 1 fully saturated rings. The molecule has 0 amide bonds. The predicted octanol–water partition coefficient (Wildman–Crippen LogP) is 4.43. The highest BCUT2D eigenvalue weighted by Crippen LogP contribution is 2.32. The number of nitrogens with one attached hydrogen (secondary N) is 1. The molecule has 3 unspecified atom stereocenters. The second kappa shape index (κ2) is 8.43. The lowest BCUT2D eigenvalue weighted by molar-refractivity contribution is 0.216. The van der Waals surface area contributed by atoms with Gasteiger partial charge in [0.05, 0.1) is 7.11 Å². The molecule has 2 heteroatoms. The first kappa shape index (κ1) is 16.4. The molecule has 1 aromatic rings. The number of rotatable bonds is 7. The van der Waals surface area contributed by atoms with E-state index in [1.54, 1.807) is 7.11 Å².